The molecule has 6 heteroatoms. The predicted molar refractivity (Wildman–Crippen MR) is 93.5 cm³/mol. The number of hydrogen-bond donors (Lipinski definition) is 3. The second-order valence-corrected chi connectivity index (χ2v) is 8.75. The molecule has 0 spiro atoms. The summed E-state index contributed by atoms with van der Waals surface area (Å²) >= 11 is 0. The molecule has 3 rings (SSSR count). The van der Waals surface area contributed by atoms with Crippen LogP contribution in [0.25, 0.3) is 11.1 Å². The van der Waals surface area contributed by atoms with Crippen molar-refractivity contribution in [2.45, 2.75) is 37.5 Å². The Bertz CT molecular complexity index is 844. The third kappa shape index (κ3) is 3.39. The van der Waals surface area contributed by atoms with Gasteiger partial charge in [0, 0.05) is 12.0 Å². The molecule has 2 atom stereocenters. The minimum atomic E-state index is -3.24. The molecule has 1 unspecified atom stereocenters. The maximum Gasteiger partial charge on any atom is 0.214 e. The summed E-state index contributed by atoms with van der Waals surface area (Å²) in [5.74, 6) is -0.0867. The third-order valence-corrected chi connectivity index (χ3v) is 6.25. The first-order valence-electron chi connectivity index (χ1n) is 7.91. The van der Waals surface area contributed by atoms with Gasteiger partial charge in [-0.05, 0) is 49.1 Å². The van der Waals surface area contributed by atoms with Crippen molar-refractivity contribution >= 4 is 10.0 Å². The Morgan fingerprint density at radius 1 is 1.00 bits per heavy atom. The van der Waals surface area contributed by atoms with Gasteiger partial charge in [-0.15, -0.1) is 0 Å². The van der Waals surface area contributed by atoms with E-state index in [9.17, 15) is 18.6 Å². The average molecular weight is 347 g/mol. The van der Waals surface area contributed by atoms with Crippen LogP contribution in [0.4, 0.5) is 0 Å². The normalized spacial score (nSPS) is 20.3. The van der Waals surface area contributed by atoms with Gasteiger partial charge in [-0.2, -0.15) is 0 Å². The summed E-state index contributed by atoms with van der Waals surface area (Å²) in [5, 5.41) is 18.5. The van der Waals surface area contributed by atoms with Crippen molar-refractivity contribution in [3.8, 4) is 22.6 Å². The van der Waals surface area contributed by atoms with E-state index >= 15 is 0 Å². The number of benzene rings is 2. The lowest BCUT2D eigenvalue weighted by atomic mass is 10.0. The first-order valence-corrected chi connectivity index (χ1v) is 9.46. The smallest absolute Gasteiger partial charge is 0.214 e. The Balaban J connectivity index is 1.71. The zero-order chi connectivity index (χ0) is 17.5. The Morgan fingerprint density at radius 3 is 2.21 bits per heavy atom. The lowest BCUT2D eigenvalue weighted by Crippen LogP contribution is -2.33. The molecule has 0 amide bonds. The van der Waals surface area contributed by atoms with Crippen molar-refractivity contribution in [1.29, 1.82) is 0 Å². The highest BCUT2D eigenvalue weighted by Crippen LogP contribution is 2.42. The van der Waals surface area contributed by atoms with E-state index in [1.165, 1.54) is 12.1 Å². The molecular formula is C18H21NO4S. The molecule has 0 heterocycles. The lowest BCUT2D eigenvalue weighted by Gasteiger charge is -2.09. The Morgan fingerprint density at radius 2 is 1.62 bits per heavy atom. The molecule has 24 heavy (non-hydrogen) atoms. The molecule has 2 aromatic carbocycles. The molecule has 3 N–H and O–H groups in total. The first-order chi connectivity index (χ1) is 11.3. The van der Waals surface area contributed by atoms with Crippen molar-refractivity contribution < 1.29 is 18.6 Å². The maximum atomic E-state index is 11.9. The van der Waals surface area contributed by atoms with Gasteiger partial charge in [0.25, 0.3) is 0 Å². The summed E-state index contributed by atoms with van der Waals surface area (Å²) < 4.78 is 26.6. The van der Waals surface area contributed by atoms with Crippen LogP contribution >= 0.6 is 0 Å². The zero-order valence-electron chi connectivity index (χ0n) is 13.6. The molecule has 1 saturated carbocycles. The fourth-order valence-electron chi connectivity index (χ4n) is 2.67. The number of phenolic OH excluding ortho intramolecular Hbond substituents is 2. The Labute approximate surface area is 142 Å². The molecule has 0 saturated heterocycles. The maximum absolute atomic E-state index is 11.9. The molecule has 0 aromatic heterocycles. The Kier molecular flexibility index (Phi) is 4.27. The standard InChI is InChI=1S/C18H21NO4S/c1-11(2)24(22,23)19-16-10-15(16)13-5-3-12(4-6-13)14-7-8-17(20)18(21)9-14/h3-9,11,15-16,19-21H,10H2,1-2H3/t15?,16-/m0/s1. The number of nitrogens with one attached hydrogen (secondary N) is 1. The molecule has 128 valence electrons. The summed E-state index contributed by atoms with van der Waals surface area (Å²) in [6.07, 6.45) is 0.811. The van der Waals surface area contributed by atoms with Crippen LogP contribution in [0.15, 0.2) is 42.5 Å². The minimum absolute atomic E-state index is 0.0269. The summed E-state index contributed by atoms with van der Waals surface area (Å²) in [5.41, 5.74) is 2.83. The third-order valence-electron chi connectivity index (χ3n) is 4.37. The van der Waals surface area contributed by atoms with Crippen molar-refractivity contribution in [2.75, 3.05) is 0 Å². The number of hydrogen-bond acceptors (Lipinski definition) is 4. The van der Waals surface area contributed by atoms with E-state index in [0.29, 0.717) is 0 Å². The van der Waals surface area contributed by atoms with Gasteiger partial charge in [0.05, 0.1) is 5.25 Å². The zero-order valence-corrected chi connectivity index (χ0v) is 14.4. The highest BCUT2D eigenvalue weighted by Gasteiger charge is 2.41. The molecule has 5 nitrogen and oxygen atoms in total. The van der Waals surface area contributed by atoms with Gasteiger partial charge >= 0.3 is 0 Å². The summed E-state index contributed by atoms with van der Waals surface area (Å²) in [6, 6.07) is 12.5. The van der Waals surface area contributed by atoms with E-state index in [1.54, 1.807) is 19.9 Å². The van der Waals surface area contributed by atoms with Gasteiger partial charge in [0.15, 0.2) is 11.5 Å². The van der Waals surface area contributed by atoms with Gasteiger partial charge in [0.1, 0.15) is 0 Å². The van der Waals surface area contributed by atoms with E-state index in [0.717, 1.165) is 23.1 Å². The van der Waals surface area contributed by atoms with Crippen LogP contribution in [0.1, 0.15) is 31.7 Å². The fraction of sp³-hybridized carbons (Fsp3) is 0.333. The minimum Gasteiger partial charge on any atom is -0.504 e. The molecule has 1 fully saturated rings. The van der Waals surface area contributed by atoms with Crippen LogP contribution in [0.5, 0.6) is 11.5 Å². The van der Waals surface area contributed by atoms with Gasteiger partial charge in [-0.1, -0.05) is 30.3 Å². The molecule has 0 aliphatic heterocycles. The number of sulfonamides is 1. The van der Waals surface area contributed by atoms with E-state index in [1.807, 2.05) is 24.3 Å². The van der Waals surface area contributed by atoms with E-state index < -0.39 is 15.3 Å². The van der Waals surface area contributed by atoms with Crippen LogP contribution in [0.2, 0.25) is 0 Å². The van der Waals surface area contributed by atoms with Crippen molar-refractivity contribution in [2.24, 2.45) is 0 Å². The molecular weight excluding hydrogens is 326 g/mol. The number of rotatable bonds is 5. The largest absolute Gasteiger partial charge is 0.504 e. The SMILES string of the molecule is CC(C)S(=O)(=O)N[C@H]1CC1c1ccc(-c2ccc(O)c(O)c2)cc1. The Hall–Kier alpha value is -2.05. The van der Waals surface area contributed by atoms with Crippen molar-refractivity contribution in [3.05, 3.63) is 48.0 Å². The average Bonchev–Trinajstić information content (AvgIpc) is 3.28. The number of phenols is 2. The van der Waals surface area contributed by atoms with Gasteiger partial charge in [0.2, 0.25) is 10.0 Å². The predicted octanol–water partition coefficient (Wildman–Crippen LogP) is 2.95. The highest BCUT2D eigenvalue weighted by atomic mass is 32.2. The quantitative estimate of drug-likeness (QED) is 0.726. The van der Waals surface area contributed by atoms with Crippen LogP contribution in [0.3, 0.4) is 0 Å². The van der Waals surface area contributed by atoms with E-state index in [4.69, 9.17) is 0 Å². The molecule has 2 aromatic rings. The van der Waals surface area contributed by atoms with Crippen LogP contribution in [-0.2, 0) is 10.0 Å². The van der Waals surface area contributed by atoms with Crippen LogP contribution in [0, 0.1) is 0 Å². The summed E-state index contributed by atoms with van der Waals surface area (Å²) in [4.78, 5) is 0. The monoisotopic (exact) mass is 347 g/mol. The van der Waals surface area contributed by atoms with Gasteiger partial charge in [-0.25, -0.2) is 13.1 Å². The molecule has 1 aliphatic rings. The second-order valence-electron chi connectivity index (χ2n) is 6.49. The fourth-order valence-corrected chi connectivity index (χ4v) is 3.62. The van der Waals surface area contributed by atoms with E-state index in [2.05, 4.69) is 4.72 Å². The van der Waals surface area contributed by atoms with Gasteiger partial charge < -0.3 is 10.2 Å². The highest BCUT2D eigenvalue weighted by molar-refractivity contribution is 7.90. The van der Waals surface area contributed by atoms with Crippen molar-refractivity contribution in [3.63, 3.8) is 0 Å². The lowest BCUT2D eigenvalue weighted by molar-refractivity contribution is 0.404. The van der Waals surface area contributed by atoms with E-state index in [-0.39, 0.29) is 23.5 Å². The van der Waals surface area contributed by atoms with Crippen LogP contribution in [-0.4, -0.2) is 29.9 Å². The van der Waals surface area contributed by atoms with Crippen LogP contribution < -0.4 is 4.72 Å². The molecule has 0 radical (unpaired) electrons. The first kappa shape index (κ1) is 16.8. The number of aromatic hydroxyl groups is 2. The molecule has 0 bridgehead atoms. The second kappa shape index (κ2) is 6.11. The van der Waals surface area contributed by atoms with Crippen molar-refractivity contribution in [1.82, 2.24) is 4.72 Å². The topological polar surface area (TPSA) is 86.6 Å². The summed E-state index contributed by atoms with van der Waals surface area (Å²) in [7, 11) is -3.24. The summed E-state index contributed by atoms with van der Waals surface area (Å²) in [6.45, 7) is 3.34. The van der Waals surface area contributed by atoms with Gasteiger partial charge in [-0.3, -0.25) is 0 Å². The molecule has 1 aliphatic carbocycles.